The molecule has 1 saturated heterocycles. The van der Waals surface area contributed by atoms with Crippen molar-refractivity contribution in [2.24, 2.45) is 5.92 Å². The Morgan fingerprint density at radius 2 is 2.21 bits per heavy atom. The first-order valence-corrected chi connectivity index (χ1v) is 10.9. The average molecular weight is 413 g/mol. The standard InChI is InChI=1S/C20H20N4O2S2/c25-18-9-16(12-24(18)11-15-2-1-4-21-10-15)19(26)23-17(20-22-5-7-28-20)8-14-3-6-27-13-14/h1-7,10,13,16-17H,8-9,11-12H2,(H,23,26). The van der Waals surface area contributed by atoms with Crippen LogP contribution in [0.1, 0.15) is 28.6 Å². The van der Waals surface area contributed by atoms with Crippen molar-refractivity contribution in [3.8, 4) is 0 Å². The maximum atomic E-state index is 12.9. The van der Waals surface area contributed by atoms with Crippen LogP contribution in [0.3, 0.4) is 0 Å². The second-order valence-electron chi connectivity index (χ2n) is 6.80. The molecule has 0 aliphatic carbocycles. The monoisotopic (exact) mass is 412 g/mol. The number of hydrogen-bond donors (Lipinski definition) is 1. The van der Waals surface area contributed by atoms with E-state index in [1.807, 2.05) is 22.9 Å². The van der Waals surface area contributed by atoms with Crippen LogP contribution in [0.15, 0.2) is 52.9 Å². The van der Waals surface area contributed by atoms with Crippen molar-refractivity contribution in [1.82, 2.24) is 20.2 Å². The highest BCUT2D eigenvalue weighted by Crippen LogP contribution is 2.25. The van der Waals surface area contributed by atoms with Gasteiger partial charge in [0.25, 0.3) is 0 Å². The number of rotatable bonds is 7. The summed E-state index contributed by atoms with van der Waals surface area (Å²) in [5.74, 6) is -0.417. The number of nitrogens with one attached hydrogen (secondary N) is 1. The Bertz CT molecular complexity index is 913. The molecule has 3 aromatic rings. The minimum absolute atomic E-state index is 0.00707. The van der Waals surface area contributed by atoms with E-state index in [1.54, 1.807) is 34.8 Å². The van der Waals surface area contributed by atoms with Gasteiger partial charge in [0, 0.05) is 49.9 Å². The van der Waals surface area contributed by atoms with Crippen LogP contribution in [-0.2, 0) is 22.6 Å². The molecule has 0 radical (unpaired) electrons. The highest BCUT2D eigenvalue weighted by Gasteiger charge is 2.35. The van der Waals surface area contributed by atoms with Crippen molar-refractivity contribution >= 4 is 34.5 Å². The second kappa shape index (κ2) is 8.62. The highest BCUT2D eigenvalue weighted by molar-refractivity contribution is 7.09. The lowest BCUT2D eigenvalue weighted by Gasteiger charge is -2.19. The smallest absolute Gasteiger partial charge is 0.225 e. The van der Waals surface area contributed by atoms with E-state index < -0.39 is 0 Å². The van der Waals surface area contributed by atoms with Crippen molar-refractivity contribution in [2.45, 2.75) is 25.4 Å². The molecule has 2 atom stereocenters. The number of pyridine rings is 1. The molecule has 0 bridgehead atoms. The number of hydrogen-bond acceptors (Lipinski definition) is 6. The van der Waals surface area contributed by atoms with Crippen molar-refractivity contribution in [1.29, 1.82) is 0 Å². The first-order valence-electron chi connectivity index (χ1n) is 9.06. The van der Waals surface area contributed by atoms with Gasteiger partial charge in [0.1, 0.15) is 5.01 Å². The lowest BCUT2D eigenvalue weighted by molar-refractivity contribution is -0.129. The molecular weight excluding hydrogens is 392 g/mol. The third-order valence-corrected chi connectivity index (χ3v) is 6.39. The number of thiophene rings is 1. The first kappa shape index (κ1) is 18.8. The number of thiazole rings is 1. The lowest BCUT2D eigenvalue weighted by atomic mass is 10.1. The van der Waals surface area contributed by atoms with Gasteiger partial charge >= 0.3 is 0 Å². The lowest BCUT2D eigenvalue weighted by Crippen LogP contribution is -2.36. The fraction of sp³-hybridized carbons (Fsp3) is 0.300. The predicted molar refractivity (Wildman–Crippen MR) is 109 cm³/mol. The van der Waals surface area contributed by atoms with Gasteiger partial charge in [-0.25, -0.2) is 4.98 Å². The van der Waals surface area contributed by atoms with Crippen molar-refractivity contribution in [3.63, 3.8) is 0 Å². The zero-order valence-corrected chi connectivity index (χ0v) is 16.8. The zero-order valence-electron chi connectivity index (χ0n) is 15.2. The van der Waals surface area contributed by atoms with Crippen LogP contribution in [-0.4, -0.2) is 33.2 Å². The summed E-state index contributed by atoms with van der Waals surface area (Å²) in [7, 11) is 0. The summed E-state index contributed by atoms with van der Waals surface area (Å²) in [5, 5.41) is 10.0. The SMILES string of the molecule is O=C(NC(Cc1ccsc1)c1nccs1)C1CC(=O)N(Cc2cccnc2)C1. The summed E-state index contributed by atoms with van der Waals surface area (Å²) >= 11 is 3.17. The summed E-state index contributed by atoms with van der Waals surface area (Å²) in [6, 6.07) is 5.67. The molecule has 1 fully saturated rings. The molecule has 1 aliphatic rings. The molecule has 4 heterocycles. The van der Waals surface area contributed by atoms with E-state index in [1.165, 1.54) is 16.9 Å². The number of nitrogens with zero attached hydrogens (tertiary/aromatic N) is 3. The third kappa shape index (κ3) is 4.45. The molecular formula is C20H20N4O2S2. The molecule has 4 rings (SSSR count). The summed E-state index contributed by atoms with van der Waals surface area (Å²) in [6.45, 7) is 0.921. The topological polar surface area (TPSA) is 75.2 Å². The zero-order chi connectivity index (χ0) is 19.3. The second-order valence-corrected chi connectivity index (χ2v) is 8.51. The van der Waals surface area contributed by atoms with Gasteiger partial charge in [0.05, 0.1) is 12.0 Å². The number of carbonyl (C=O) groups is 2. The van der Waals surface area contributed by atoms with Crippen molar-refractivity contribution < 1.29 is 9.59 Å². The quantitative estimate of drug-likeness (QED) is 0.647. The number of carbonyl (C=O) groups excluding carboxylic acids is 2. The molecule has 2 amide bonds. The van der Waals surface area contributed by atoms with Crippen LogP contribution in [0.5, 0.6) is 0 Å². The first-order chi connectivity index (χ1) is 13.7. The molecule has 6 nitrogen and oxygen atoms in total. The van der Waals surface area contributed by atoms with Gasteiger partial charge in [-0.1, -0.05) is 6.07 Å². The van der Waals surface area contributed by atoms with Crippen LogP contribution in [0.25, 0.3) is 0 Å². The van der Waals surface area contributed by atoms with Crippen LogP contribution in [0.2, 0.25) is 0 Å². The minimum Gasteiger partial charge on any atom is -0.346 e. The average Bonchev–Trinajstić information content (AvgIpc) is 3.45. The summed E-state index contributed by atoms with van der Waals surface area (Å²) in [4.78, 5) is 35.5. The maximum Gasteiger partial charge on any atom is 0.225 e. The maximum absolute atomic E-state index is 12.9. The van der Waals surface area contributed by atoms with E-state index >= 15 is 0 Å². The van der Waals surface area contributed by atoms with Crippen molar-refractivity contribution in [3.05, 3.63) is 69.1 Å². The van der Waals surface area contributed by atoms with Gasteiger partial charge < -0.3 is 10.2 Å². The molecule has 0 spiro atoms. The Hall–Kier alpha value is -2.58. The fourth-order valence-electron chi connectivity index (χ4n) is 3.35. The molecule has 28 heavy (non-hydrogen) atoms. The van der Waals surface area contributed by atoms with Crippen LogP contribution < -0.4 is 5.32 Å². The Morgan fingerprint density at radius 1 is 1.29 bits per heavy atom. The highest BCUT2D eigenvalue weighted by atomic mass is 32.1. The van der Waals surface area contributed by atoms with E-state index in [2.05, 4.69) is 26.7 Å². The molecule has 0 saturated carbocycles. The van der Waals surface area contributed by atoms with Crippen molar-refractivity contribution in [2.75, 3.05) is 6.54 Å². The van der Waals surface area contributed by atoms with E-state index in [9.17, 15) is 9.59 Å². The van der Waals surface area contributed by atoms with Gasteiger partial charge in [-0.3, -0.25) is 14.6 Å². The van der Waals surface area contributed by atoms with Crippen LogP contribution in [0, 0.1) is 5.92 Å². The van der Waals surface area contributed by atoms with Crippen LogP contribution in [0.4, 0.5) is 0 Å². The largest absolute Gasteiger partial charge is 0.346 e. The summed E-state index contributed by atoms with van der Waals surface area (Å²) < 4.78 is 0. The predicted octanol–water partition coefficient (Wildman–Crippen LogP) is 3.05. The Morgan fingerprint density at radius 3 is 2.93 bits per heavy atom. The summed E-state index contributed by atoms with van der Waals surface area (Å²) in [6.07, 6.45) is 6.15. The van der Waals surface area contributed by atoms with Gasteiger partial charge in [-0.05, 0) is 34.0 Å². The van der Waals surface area contributed by atoms with E-state index in [0.717, 1.165) is 10.6 Å². The molecule has 3 aromatic heterocycles. The molecule has 1 aliphatic heterocycles. The van der Waals surface area contributed by atoms with Gasteiger partial charge in [-0.15, -0.1) is 11.3 Å². The van der Waals surface area contributed by atoms with E-state index in [-0.39, 0.29) is 30.2 Å². The third-order valence-electron chi connectivity index (χ3n) is 4.77. The molecule has 0 aromatic carbocycles. The Balaban J connectivity index is 1.41. The molecule has 8 heteroatoms. The van der Waals surface area contributed by atoms with E-state index in [4.69, 9.17) is 0 Å². The normalized spacial score (nSPS) is 17.6. The van der Waals surface area contributed by atoms with E-state index in [0.29, 0.717) is 19.5 Å². The molecule has 144 valence electrons. The number of likely N-dealkylation sites (tertiary alicyclic amines) is 1. The molecule has 1 N–H and O–H groups in total. The van der Waals surface area contributed by atoms with Crippen LogP contribution >= 0.6 is 22.7 Å². The van der Waals surface area contributed by atoms with Gasteiger partial charge in [0.15, 0.2) is 0 Å². The number of aromatic nitrogens is 2. The van der Waals surface area contributed by atoms with Gasteiger partial charge in [0.2, 0.25) is 11.8 Å². The minimum atomic E-state index is -0.339. The Kier molecular flexibility index (Phi) is 5.78. The van der Waals surface area contributed by atoms with Gasteiger partial charge in [-0.2, -0.15) is 11.3 Å². The number of amides is 2. The fourth-order valence-corrected chi connectivity index (χ4v) is 4.72. The molecule has 2 unspecified atom stereocenters. The summed E-state index contributed by atoms with van der Waals surface area (Å²) in [5.41, 5.74) is 2.14. The Labute approximate surface area is 171 Å².